The lowest BCUT2D eigenvalue weighted by atomic mass is 9.87. The maximum atomic E-state index is 13.3. The van der Waals surface area contributed by atoms with Gasteiger partial charge in [-0.25, -0.2) is 9.59 Å². The van der Waals surface area contributed by atoms with Crippen LogP contribution in [0.1, 0.15) is 36.6 Å². The average molecular weight is 443 g/mol. The van der Waals surface area contributed by atoms with E-state index in [1.54, 1.807) is 40.1 Å². The van der Waals surface area contributed by atoms with Crippen molar-refractivity contribution in [2.45, 2.75) is 32.4 Å². The predicted molar refractivity (Wildman–Crippen MR) is 120 cm³/mol. The van der Waals surface area contributed by atoms with Gasteiger partial charge < -0.3 is 29.5 Å². The maximum absolute atomic E-state index is 13.3. The summed E-state index contributed by atoms with van der Waals surface area (Å²) < 4.78 is 16.2. The zero-order chi connectivity index (χ0) is 23.4. The molecule has 1 aliphatic heterocycles. The second-order valence-electron chi connectivity index (χ2n) is 8.03. The molecule has 2 N–H and O–H groups in total. The zero-order valence-electron chi connectivity index (χ0n) is 19.0. The topological polar surface area (TPSA) is 97.3 Å². The molecule has 2 aromatic carbocycles. The Bertz CT molecular complexity index is 973. The number of carboxylic acids is 1. The molecular formula is C24H30N2O6. The van der Waals surface area contributed by atoms with Crippen molar-refractivity contribution in [2.24, 2.45) is 5.92 Å². The van der Waals surface area contributed by atoms with Gasteiger partial charge in [-0.05, 0) is 53.3 Å². The van der Waals surface area contributed by atoms with E-state index in [-0.39, 0.29) is 5.92 Å². The number of rotatable bonds is 7. The quantitative estimate of drug-likeness (QED) is 0.681. The number of methoxy groups -OCH3 is 3. The van der Waals surface area contributed by atoms with Crippen LogP contribution in [0.15, 0.2) is 36.4 Å². The number of nitrogens with zero attached hydrogens (tertiary/aromatic N) is 1. The van der Waals surface area contributed by atoms with Gasteiger partial charge in [0.05, 0.1) is 27.4 Å². The summed E-state index contributed by atoms with van der Waals surface area (Å²) in [4.78, 5) is 26.6. The number of amides is 2. The lowest BCUT2D eigenvalue weighted by Gasteiger charge is -2.39. The van der Waals surface area contributed by atoms with Gasteiger partial charge in [-0.2, -0.15) is 0 Å². The molecular weight excluding hydrogens is 412 g/mol. The molecule has 1 aliphatic rings. The summed E-state index contributed by atoms with van der Waals surface area (Å²) in [6, 6.07) is 9.50. The van der Waals surface area contributed by atoms with Gasteiger partial charge in [0.25, 0.3) is 0 Å². The van der Waals surface area contributed by atoms with Crippen LogP contribution in [0, 0.1) is 5.92 Å². The fourth-order valence-corrected chi connectivity index (χ4v) is 4.04. The number of ether oxygens (including phenoxy) is 3. The van der Waals surface area contributed by atoms with Crippen molar-refractivity contribution in [2.75, 3.05) is 27.9 Å². The van der Waals surface area contributed by atoms with Crippen LogP contribution in [-0.4, -0.2) is 55.9 Å². The summed E-state index contributed by atoms with van der Waals surface area (Å²) in [6.07, 6.45) is 0.606. The van der Waals surface area contributed by atoms with Crippen molar-refractivity contribution in [3.63, 3.8) is 0 Å². The van der Waals surface area contributed by atoms with Crippen molar-refractivity contribution in [3.8, 4) is 17.2 Å². The maximum Gasteiger partial charge on any atom is 0.326 e. The first-order chi connectivity index (χ1) is 15.3. The lowest BCUT2D eigenvalue weighted by Crippen LogP contribution is -2.52. The van der Waals surface area contributed by atoms with E-state index in [4.69, 9.17) is 14.2 Å². The number of benzene rings is 2. The first-order valence-corrected chi connectivity index (χ1v) is 10.5. The van der Waals surface area contributed by atoms with Gasteiger partial charge in [-0.1, -0.05) is 26.0 Å². The van der Waals surface area contributed by atoms with E-state index < -0.39 is 24.1 Å². The summed E-state index contributed by atoms with van der Waals surface area (Å²) in [5.41, 5.74) is 2.84. The number of carbonyl (C=O) groups excluding carboxylic acids is 1. The minimum Gasteiger partial charge on any atom is -0.497 e. The normalized spacial score (nSPS) is 16.2. The van der Waals surface area contributed by atoms with Crippen molar-refractivity contribution in [1.82, 2.24) is 10.2 Å². The van der Waals surface area contributed by atoms with Crippen LogP contribution in [0.3, 0.4) is 0 Å². The van der Waals surface area contributed by atoms with Crippen LogP contribution in [0.4, 0.5) is 4.79 Å². The highest BCUT2D eigenvalue weighted by Gasteiger charge is 2.35. The molecule has 1 unspecified atom stereocenters. The van der Waals surface area contributed by atoms with Gasteiger partial charge in [0.15, 0.2) is 11.5 Å². The van der Waals surface area contributed by atoms with E-state index in [0.717, 1.165) is 16.7 Å². The van der Waals surface area contributed by atoms with Crippen LogP contribution in [0.2, 0.25) is 0 Å². The number of aliphatic carboxylic acids is 1. The molecule has 0 aliphatic carbocycles. The molecule has 32 heavy (non-hydrogen) atoms. The Hall–Kier alpha value is -3.42. The first-order valence-electron chi connectivity index (χ1n) is 10.5. The van der Waals surface area contributed by atoms with Gasteiger partial charge in [-0.15, -0.1) is 0 Å². The molecule has 0 aromatic heterocycles. The Balaban J connectivity index is 2.07. The molecule has 0 radical (unpaired) electrons. The molecule has 3 rings (SSSR count). The van der Waals surface area contributed by atoms with E-state index in [2.05, 4.69) is 5.32 Å². The highest BCUT2D eigenvalue weighted by molar-refractivity contribution is 5.83. The fourth-order valence-electron chi connectivity index (χ4n) is 4.04. The van der Waals surface area contributed by atoms with Gasteiger partial charge in [0.2, 0.25) is 0 Å². The summed E-state index contributed by atoms with van der Waals surface area (Å²) >= 11 is 0. The number of nitrogens with one attached hydrogen (secondary N) is 1. The monoisotopic (exact) mass is 442 g/mol. The molecule has 0 bridgehead atoms. The zero-order valence-corrected chi connectivity index (χ0v) is 19.0. The Morgan fingerprint density at radius 1 is 1.03 bits per heavy atom. The molecule has 2 amide bonds. The van der Waals surface area contributed by atoms with Crippen molar-refractivity contribution in [1.29, 1.82) is 0 Å². The molecule has 8 nitrogen and oxygen atoms in total. The smallest absolute Gasteiger partial charge is 0.326 e. The number of fused-ring (bicyclic) bond motifs is 1. The van der Waals surface area contributed by atoms with Crippen LogP contribution >= 0.6 is 0 Å². The third-order valence-electron chi connectivity index (χ3n) is 5.78. The van der Waals surface area contributed by atoms with E-state index in [0.29, 0.717) is 30.2 Å². The summed E-state index contributed by atoms with van der Waals surface area (Å²) in [5, 5.41) is 12.2. The Labute approximate surface area is 188 Å². The van der Waals surface area contributed by atoms with Crippen LogP contribution in [-0.2, 0) is 11.2 Å². The van der Waals surface area contributed by atoms with Gasteiger partial charge in [-0.3, -0.25) is 0 Å². The van der Waals surface area contributed by atoms with Crippen molar-refractivity contribution < 1.29 is 28.9 Å². The molecule has 8 heteroatoms. The number of urea groups is 1. The molecule has 2 atom stereocenters. The van der Waals surface area contributed by atoms with E-state index in [9.17, 15) is 14.7 Å². The van der Waals surface area contributed by atoms with Crippen molar-refractivity contribution in [3.05, 3.63) is 53.1 Å². The first kappa shape index (κ1) is 23.2. The Morgan fingerprint density at radius 2 is 1.66 bits per heavy atom. The second-order valence-corrected chi connectivity index (χ2v) is 8.03. The molecule has 0 spiro atoms. The molecule has 1 heterocycles. The predicted octanol–water partition coefficient (Wildman–Crippen LogP) is 3.48. The summed E-state index contributed by atoms with van der Waals surface area (Å²) in [6.45, 7) is 3.96. The van der Waals surface area contributed by atoms with Gasteiger partial charge in [0.1, 0.15) is 11.8 Å². The lowest BCUT2D eigenvalue weighted by molar-refractivity contribution is -0.140. The van der Waals surface area contributed by atoms with Crippen molar-refractivity contribution >= 4 is 12.0 Å². The highest BCUT2D eigenvalue weighted by atomic mass is 16.5. The minimum atomic E-state index is -1.06. The van der Waals surface area contributed by atoms with E-state index in [1.807, 2.05) is 36.4 Å². The summed E-state index contributed by atoms with van der Waals surface area (Å²) in [5.74, 6) is 0.593. The van der Waals surface area contributed by atoms with E-state index in [1.165, 1.54) is 0 Å². The molecule has 0 fully saturated rings. The Morgan fingerprint density at radius 3 is 2.19 bits per heavy atom. The number of hydrogen-bond acceptors (Lipinski definition) is 5. The largest absolute Gasteiger partial charge is 0.497 e. The third kappa shape index (κ3) is 4.59. The van der Waals surface area contributed by atoms with Gasteiger partial charge in [0, 0.05) is 6.54 Å². The number of carboxylic acid groups (broad SMARTS) is 1. The molecule has 0 saturated carbocycles. The molecule has 0 saturated heterocycles. The molecule has 172 valence electrons. The molecule has 2 aromatic rings. The van der Waals surface area contributed by atoms with E-state index >= 15 is 0 Å². The van der Waals surface area contributed by atoms with Crippen LogP contribution < -0.4 is 19.5 Å². The SMILES string of the molecule is COc1ccc(C2c3cc(OC)c(OC)cc3CCN2C(=O)N[C@H](C(=O)O)C(C)C)cc1. The number of hydrogen-bond donors (Lipinski definition) is 2. The summed E-state index contributed by atoms with van der Waals surface area (Å²) in [7, 11) is 4.76. The Kier molecular flexibility index (Phi) is 7.12. The number of carbonyl (C=O) groups is 2. The standard InChI is InChI=1S/C24H30N2O6/c1-14(2)21(23(27)28)25-24(29)26-11-10-16-12-19(31-4)20(32-5)13-18(16)22(26)15-6-8-17(30-3)9-7-15/h6-9,12-14,21-22H,10-11H2,1-5H3,(H,25,29)(H,27,28)/t21-,22?/m0/s1. The van der Waals surface area contributed by atoms with Gasteiger partial charge >= 0.3 is 12.0 Å². The third-order valence-corrected chi connectivity index (χ3v) is 5.78. The van der Waals surface area contributed by atoms with Crippen LogP contribution in [0.5, 0.6) is 17.2 Å². The fraction of sp³-hybridized carbons (Fsp3) is 0.417. The minimum absolute atomic E-state index is 0.252. The highest BCUT2D eigenvalue weighted by Crippen LogP contribution is 2.41. The average Bonchev–Trinajstić information content (AvgIpc) is 2.80. The van der Waals surface area contributed by atoms with Crippen LogP contribution in [0.25, 0.3) is 0 Å². The second kappa shape index (κ2) is 9.80.